The van der Waals surface area contributed by atoms with Crippen molar-refractivity contribution < 1.29 is 18.6 Å². The first kappa shape index (κ1) is 16.1. The third kappa shape index (κ3) is 4.17. The van der Waals surface area contributed by atoms with Gasteiger partial charge in [-0.1, -0.05) is 11.8 Å². The molecule has 2 heterocycles. The molecular formula is C16H20N2O4S. The van der Waals surface area contributed by atoms with Crippen molar-refractivity contribution in [3.63, 3.8) is 0 Å². The Morgan fingerprint density at radius 3 is 2.57 bits per heavy atom. The van der Waals surface area contributed by atoms with Crippen LogP contribution in [0.25, 0.3) is 11.5 Å². The molecule has 6 nitrogen and oxygen atoms in total. The van der Waals surface area contributed by atoms with Gasteiger partial charge in [-0.25, -0.2) is 0 Å². The summed E-state index contributed by atoms with van der Waals surface area (Å²) in [5.41, 5.74) is 0.773. The molecule has 1 aliphatic rings. The summed E-state index contributed by atoms with van der Waals surface area (Å²) >= 11 is 1.53. The Kier molecular flexibility index (Phi) is 5.40. The van der Waals surface area contributed by atoms with Crippen molar-refractivity contribution in [2.45, 2.75) is 30.6 Å². The van der Waals surface area contributed by atoms with E-state index in [1.165, 1.54) is 18.2 Å². The van der Waals surface area contributed by atoms with Crippen LogP contribution in [0.1, 0.15) is 19.3 Å². The van der Waals surface area contributed by atoms with Crippen molar-refractivity contribution in [1.29, 1.82) is 0 Å². The number of benzene rings is 1. The van der Waals surface area contributed by atoms with Gasteiger partial charge in [0.1, 0.15) is 11.5 Å². The van der Waals surface area contributed by atoms with Gasteiger partial charge in [-0.15, -0.1) is 10.2 Å². The summed E-state index contributed by atoms with van der Waals surface area (Å²) in [6, 6.07) is 5.49. The van der Waals surface area contributed by atoms with Crippen LogP contribution in [0.2, 0.25) is 0 Å². The van der Waals surface area contributed by atoms with E-state index in [2.05, 4.69) is 10.2 Å². The summed E-state index contributed by atoms with van der Waals surface area (Å²) in [5.74, 6) is 2.65. The fourth-order valence-corrected chi connectivity index (χ4v) is 3.25. The van der Waals surface area contributed by atoms with Gasteiger partial charge in [0.2, 0.25) is 5.89 Å². The van der Waals surface area contributed by atoms with Crippen molar-refractivity contribution in [2.24, 2.45) is 0 Å². The van der Waals surface area contributed by atoms with Crippen molar-refractivity contribution in [3.8, 4) is 23.0 Å². The zero-order valence-corrected chi connectivity index (χ0v) is 14.1. The Balaban J connectivity index is 1.68. The quantitative estimate of drug-likeness (QED) is 0.749. The maximum absolute atomic E-state index is 5.73. The Morgan fingerprint density at radius 2 is 1.91 bits per heavy atom. The zero-order valence-electron chi connectivity index (χ0n) is 13.3. The number of aromatic nitrogens is 2. The number of thioether (sulfide) groups is 1. The molecule has 124 valence electrons. The molecule has 1 fully saturated rings. The Hall–Kier alpha value is -1.73. The standard InChI is InChI=1S/C16H20N2O4S/c1-19-13-7-11(8-14(9-13)20-2)15-17-18-16(22-15)23-10-12-5-3-4-6-21-12/h7-9,12H,3-6,10H2,1-2H3/t12-/m1/s1. The summed E-state index contributed by atoms with van der Waals surface area (Å²) < 4.78 is 22.0. The molecule has 1 aliphatic heterocycles. The Morgan fingerprint density at radius 1 is 1.13 bits per heavy atom. The molecule has 7 heteroatoms. The van der Waals surface area contributed by atoms with E-state index < -0.39 is 0 Å². The average Bonchev–Trinajstić information content (AvgIpc) is 3.09. The van der Waals surface area contributed by atoms with E-state index in [4.69, 9.17) is 18.6 Å². The maximum atomic E-state index is 5.73. The van der Waals surface area contributed by atoms with Crippen LogP contribution in [0.3, 0.4) is 0 Å². The van der Waals surface area contributed by atoms with Gasteiger partial charge in [0, 0.05) is 24.0 Å². The predicted octanol–water partition coefficient (Wildman–Crippen LogP) is 3.42. The van der Waals surface area contributed by atoms with Crippen LogP contribution < -0.4 is 9.47 Å². The molecule has 0 saturated carbocycles. The minimum atomic E-state index is 0.279. The number of ether oxygens (including phenoxy) is 3. The monoisotopic (exact) mass is 336 g/mol. The Labute approximate surface area is 139 Å². The Bertz CT molecular complexity index is 619. The highest BCUT2D eigenvalue weighted by Gasteiger charge is 2.17. The van der Waals surface area contributed by atoms with Crippen LogP contribution in [-0.4, -0.2) is 42.9 Å². The zero-order chi connectivity index (χ0) is 16.1. The number of hydrogen-bond donors (Lipinski definition) is 0. The maximum Gasteiger partial charge on any atom is 0.276 e. The molecule has 23 heavy (non-hydrogen) atoms. The topological polar surface area (TPSA) is 66.6 Å². The normalized spacial score (nSPS) is 17.9. The summed E-state index contributed by atoms with van der Waals surface area (Å²) in [6.45, 7) is 0.851. The van der Waals surface area contributed by atoms with Gasteiger partial charge < -0.3 is 18.6 Å². The van der Waals surface area contributed by atoms with E-state index in [9.17, 15) is 0 Å². The lowest BCUT2D eigenvalue weighted by Crippen LogP contribution is -2.21. The van der Waals surface area contributed by atoms with Gasteiger partial charge in [0.25, 0.3) is 5.22 Å². The molecule has 0 aliphatic carbocycles. The first-order chi connectivity index (χ1) is 11.3. The summed E-state index contributed by atoms with van der Waals surface area (Å²) in [5, 5.41) is 8.76. The third-order valence-electron chi connectivity index (χ3n) is 3.67. The number of rotatable bonds is 6. The summed E-state index contributed by atoms with van der Waals surface area (Å²) in [4.78, 5) is 0. The third-order valence-corrected chi connectivity index (χ3v) is 4.62. The van der Waals surface area contributed by atoms with Crippen molar-refractivity contribution in [3.05, 3.63) is 18.2 Å². The van der Waals surface area contributed by atoms with Gasteiger partial charge >= 0.3 is 0 Å². The van der Waals surface area contributed by atoms with Gasteiger partial charge in [-0.3, -0.25) is 0 Å². The molecule has 1 aromatic carbocycles. The molecular weight excluding hydrogens is 316 g/mol. The molecule has 0 bridgehead atoms. The van der Waals surface area contributed by atoms with E-state index in [1.54, 1.807) is 20.3 Å². The van der Waals surface area contributed by atoms with Gasteiger partial charge in [0.15, 0.2) is 0 Å². The highest BCUT2D eigenvalue weighted by molar-refractivity contribution is 7.99. The molecule has 1 atom stereocenters. The second-order valence-corrected chi connectivity index (χ2v) is 6.25. The molecule has 0 amide bonds. The highest BCUT2D eigenvalue weighted by Crippen LogP contribution is 2.31. The molecule has 0 N–H and O–H groups in total. The fraction of sp³-hybridized carbons (Fsp3) is 0.500. The van der Waals surface area contributed by atoms with Gasteiger partial charge in [-0.05, 0) is 31.4 Å². The summed E-state index contributed by atoms with van der Waals surface area (Å²) in [6.07, 6.45) is 3.76. The van der Waals surface area contributed by atoms with Crippen LogP contribution in [0.4, 0.5) is 0 Å². The molecule has 1 aromatic heterocycles. The van der Waals surface area contributed by atoms with E-state index in [0.717, 1.165) is 30.8 Å². The minimum absolute atomic E-state index is 0.279. The van der Waals surface area contributed by atoms with Gasteiger partial charge in [0.05, 0.1) is 20.3 Å². The summed E-state index contributed by atoms with van der Waals surface area (Å²) in [7, 11) is 3.22. The van der Waals surface area contributed by atoms with E-state index in [0.29, 0.717) is 22.6 Å². The van der Waals surface area contributed by atoms with Crippen molar-refractivity contribution in [1.82, 2.24) is 10.2 Å². The SMILES string of the molecule is COc1cc(OC)cc(-c2nnc(SC[C@H]3CCCCO3)o2)c1. The smallest absolute Gasteiger partial charge is 0.276 e. The van der Waals surface area contributed by atoms with E-state index >= 15 is 0 Å². The van der Waals surface area contributed by atoms with Crippen LogP contribution in [0.5, 0.6) is 11.5 Å². The predicted molar refractivity (Wildman–Crippen MR) is 87.2 cm³/mol. The second kappa shape index (κ2) is 7.70. The lowest BCUT2D eigenvalue weighted by molar-refractivity contribution is 0.0314. The largest absolute Gasteiger partial charge is 0.497 e. The van der Waals surface area contributed by atoms with E-state index in [-0.39, 0.29) is 6.10 Å². The van der Waals surface area contributed by atoms with Gasteiger partial charge in [-0.2, -0.15) is 0 Å². The molecule has 2 aromatic rings. The number of hydrogen-bond acceptors (Lipinski definition) is 7. The number of nitrogens with zero attached hydrogens (tertiary/aromatic N) is 2. The molecule has 3 rings (SSSR count). The fourth-order valence-electron chi connectivity index (χ4n) is 2.42. The average molecular weight is 336 g/mol. The second-order valence-electron chi connectivity index (χ2n) is 5.27. The lowest BCUT2D eigenvalue weighted by atomic mass is 10.1. The first-order valence-corrected chi connectivity index (χ1v) is 8.58. The highest BCUT2D eigenvalue weighted by atomic mass is 32.2. The van der Waals surface area contributed by atoms with Crippen LogP contribution >= 0.6 is 11.8 Å². The van der Waals surface area contributed by atoms with Crippen molar-refractivity contribution in [2.75, 3.05) is 26.6 Å². The lowest BCUT2D eigenvalue weighted by Gasteiger charge is -2.21. The van der Waals surface area contributed by atoms with Crippen molar-refractivity contribution >= 4 is 11.8 Å². The van der Waals surface area contributed by atoms with Crippen LogP contribution in [0.15, 0.2) is 27.8 Å². The van der Waals surface area contributed by atoms with E-state index in [1.807, 2.05) is 12.1 Å². The van der Waals surface area contributed by atoms with Crippen LogP contribution in [-0.2, 0) is 4.74 Å². The first-order valence-electron chi connectivity index (χ1n) is 7.60. The number of methoxy groups -OCH3 is 2. The van der Waals surface area contributed by atoms with Crippen LogP contribution in [0, 0.1) is 0 Å². The molecule has 0 radical (unpaired) electrons. The molecule has 0 spiro atoms. The minimum Gasteiger partial charge on any atom is -0.497 e. The molecule has 0 unspecified atom stereocenters. The molecule has 1 saturated heterocycles.